The van der Waals surface area contributed by atoms with Crippen LogP contribution in [0.15, 0.2) is 12.1 Å². The van der Waals surface area contributed by atoms with Crippen LogP contribution in [0.1, 0.15) is 23.6 Å². The summed E-state index contributed by atoms with van der Waals surface area (Å²) in [6.45, 7) is 3.02. The van der Waals surface area contributed by atoms with E-state index in [-0.39, 0.29) is 5.75 Å². The summed E-state index contributed by atoms with van der Waals surface area (Å²) >= 11 is 0. The molecule has 0 aromatic heterocycles. The Morgan fingerprint density at radius 3 is 2.77 bits per heavy atom. The van der Waals surface area contributed by atoms with Crippen molar-refractivity contribution < 1.29 is 5.11 Å². The van der Waals surface area contributed by atoms with Gasteiger partial charge in [0.1, 0.15) is 5.75 Å². The number of aromatic hydroxyl groups is 1. The van der Waals surface area contributed by atoms with Crippen LogP contribution in [-0.2, 0) is 0 Å². The summed E-state index contributed by atoms with van der Waals surface area (Å²) in [4.78, 5) is 0. The Bertz CT molecular complexity index is 332. The molecule has 1 aliphatic rings. The van der Waals surface area contributed by atoms with Crippen molar-refractivity contribution in [2.24, 2.45) is 0 Å². The van der Waals surface area contributed by atoms with E-state index in [1.165, 1.54) is 0 Å². The summed E-state index contributed by atoms with van der Waals surface area (Å²) in [7, 11) is 0. The monoisotopic (exact) mass is 178 g/mol. The summed E-state index contributed by atoms with van der Waals surface area (Å²) in [5.74, 6) is 0.247. The van der Waals surface area contributed by atoms with E-state index >= 15 is 0 Å². The summed E-state index contributed by atoms with van der Waals surface area (Å²) in [5, 5.41) is 13.0. The van der Waals surface area contributed by atoms with Crippen molar-refractivity contribution in [3.8, 4) is 5.75 Å². The highest BCUT2D eigenvalue weighted by atomic mass is 16.3. The maximum atomic E-state index is 9.75. The van der Waals surface area contributed by atoms with Crippen molar-refractivity contribution in [2.45, 2.75) is 19.4 Å². The topological polar surface area (TPSA) is 58.3 Å². The average molecular weight is 178 g/mol. The zero-order valence-corrected chi connectivity index (χ0v) is 7.67. The van der Waals surface area contributed by atoms with Gasteiger partial charge in [-0.05, 0) is 31.5 Å². The van der Waals surface area contributed by atoms with E-state index in [4.69, 9.17) is 5.73 Å². The van der Waals surface area contributed by atoms with Gasteiger partial charge in [0.2, 0.25) is 0 Å². The molecule has 0 radical (unpaired) electrons. The van der Waals surface area contributed by atoms with Gasteiger partial charge in [0.05, 0.1) is 5.69 Å². The van der Waals surface area contributed by atoms with Crippen LogP contribution in [-0.4, -0.2) is 11.7 Å². The summed E-state index contributed by atoms with van der Waals surface area (Å²) in [5.41, 5.74) is 8.16. The van der Waals surface area contributed by atoms with E-state index in [1.54, 1.807) is 6.07 Å². The molecule has 0 amide bonds. The molecule has 1 atom stereocenters. The highest BCUT2D eigenvalue weighted by Gasteiger charge is 2.24. The molecule has 1 aliphatic heterocycles. The van der Waals surface area contributed by atoms with Crippen LogP contribution in [0.2, 0.25) is 0 Å². The van der Waals surface area contributed by atoms with Gasteiger partial charge in [-0.3, -0.25) is 0 Å². The van der Waals surface area contributed by atoms with E-state index in [0.29, 0.717) is 11.7 Å². The zero-order chi connectivity index (χ0) is 9.42. The first kappa shape index (κ1) is 8.38. The van der Waals surface area contributed by atoms with Gasteiger partial charge in [-0.2, -0.15) is 0 Å². The van der Waals surface area contributed by atoms with Crippen LogP contribution in [0.5, 0.6) is 5.75 Å². The SMILES string of the molecule is Cc1ccc(N)c(O)c1C1CCN1. The first-order valence-electron chi connectivity index (χ1n) is 4.51. The van der Waals surface area contributed by atoms with Crippen molar-refractivity contribution in [3.63, 3.8) is 0 Å². The van der Waals surface area contributed by atoms with Crippen molar-refractivity contribution >= 4 is 5.69 Å². The predicted octanol–water partition coefficient (Wildman–Crippen LogP) is 1.32. The molecule has 0 bridgehead atoms. The van der Waals surface area contributed by atoms with Crippen LogP contribution in [0.25, 0.3) is 0 Å². The van der Waals surface area contributed by atoms with Gasteiger partial charge in [-0.25, -0.2) is 0 Å². The van der Waals surface area contributed by atoms with E-state index in [2.05, 4.69) is 5.32 Å². The van der Waals surface area contributed by atoms with Gasteiger partial charge in [-0.1, -0.05) is 6.07 Å². The molecular weight excluding hydrogens is 164 g/mol. The van der Waals surface area contributed by atoms with Crippen LogP contribution < -0.4 is 11.1 Å². The van der Waals surface area contributed by atoms with Crippen LogP contribution in [0.3, 0.4) is 0 Å². The number of aryl methyl sites for hydroxylation is 1. The van der Waals surface area contributed by atoms with Gasteiger partial charge in [-0.15, -0.1) is 0 Å². The van der Waals surface area contributed by atoms with Crippen molar-refractivity contribution in [1.82, 2.24) is 5.32 Å². The van der Waals surface area contributed by atoms with E-state index in [0.717, 1.165) is 24.1 Å². The minimum absolute atomic E-state index is 0.247. The van der Waals surface area contributed by atoms with Crippen molar-refractivity contribution in [3.05, 3.63) is 23.3 Å². The Kier molecular flexibility index (Phi) is 1.88. The molecule has 1 aromatic rings. The molecular formula is C10H14N2O. The Hall–Kier alpha value is -1.22. The third-order valence-corrected chi connectivity index (χ3v) is 2.64. The number of phenols is 1. The molecule has 1 aromatic carbocycles. The normalized spacial score (nSPS) is 21.2. The third kappa shape index (κ3) is 1.25. The number of rotatable bonds is 1. The quantitative estimate of drug-likeness (QED) is 0.449. The lowest BCUT2D eigenvalue weighted by molar-refractivity contribution is 0.364. The number of nitrogen functional groups attached to an aromatic ring is 1. The van der Waals surface area contributed by atoms with Gasteiger partial charge in [0.25, 0.3) is 0 Å². The number of hydrogen-bond acceptors (Lipinski definition) is 3. The van der Waals surface area contributed by atoms with Gasteiger partial charge in [0.15, 0.2) is 0 Å². The number of hydrogen-bond donors (Lipinski definition) is 3. The molecule has 3 nitrogen and oxygen atoms in total. The maximum absolute atomic E-state index is 9.75. The Balaban J connectivity index is 2.46. The fourth-order valence-corrected chi connectivity index (χ4v) is 1.70. The number of nitrogens with one attached hydrogen (secondary N) is 1. The molecule has 1 fully saturated rings. The van der Waals surface area contributed by atoms with Gasteiger partial charge in [0, 0.05) is 11.6 Å². The Morgan fingerprint density at radius 1 is 1.54 bits per heavy atom. The first-order chi connectivity index (χ1) is 6.20. The van der Waals surface area contributed by atoms with Gasteiger partial charge < -0.3 is 16.2 Å². The highest BCUT2D eigenvalue weighted by Crippen LogP contribution is 2.36. The highest BCUT2D eigenvalue weighted by molar-refractivity contribution is 5.59. The largest absolute Gasteiger partial charge is 0.505 e. The van der Waals surface area contributed by atoms with Crippen LogP contribution in [0, 0.1) is 6.92 Å². The molecule has 2 rings (SSSR count). The van der Waals surface area contributed by atoms with E-state index in [1.807, 2.05) is 13.0 Å². The second-order valence-electron chi connectivity index (χ2n) is 3.53. The molecule has 0 saturated carbocycles. The summed E-state index contributed by atoms with van der Waals surface area (Å²) in [6.07, 6.45) is 1.08. The third-order valence-electron chi connectivity index (χ3n) is 2.64. The number of phenolic OH excluding ortho intramolecular Hbond substituents is 1. The molecule has 1 heterocycles. The fraction of sp³-hybridized carbons (Fsp3) is 0.400. The lowest BCUT2D eigenvalue weighted by atomic mass is 9.92. The Morgan fingerprint density at radius 2 is 2.23 bits per heavy atom. The summed E-state index contributed by atoms with van der Waals surface area (Å²) < 4.78 is 0. The predicted molar refractivity (Wildman–Crippen MR) is 52.6 cm³/mol. The van der Waals surface area contributed by atoms with Gasteiger partial charge >= 0.3 is 0 Å². The smallest absolute Gasteiger partial charge is 0.143 e. The standard InChI is InChI=1S/C10H14N2O/c1-6-2-3-7(11)10(13)9(6)8-4-5-12-8/h2-3,8,12-13H,4-5,11H2,1H3. The van der Waals surface area contributed by atoms with Crippen LogP contribution >= 0.6 is 0 Å². The maximum Gasteiger partial charge on any atom is 0.143 e. The second kappa shape index (κ2) is 2.92. The molecule has 1 unspecified atom stereocenters. The lowest BCUT2D eigenvalue weighted by Gasteiger charge is -2.30. The summed E-state index contributed by atoms with van der Waals surface area (Å²) in [6, 6.07) is 3.99. The van der Waals surface area contributed by atoms with E-state index in [9.17, 15) is 5.11 Å². The zero-order valence-electron chi connectivity index (χ0n) is 7.67. The van der Waals surface area contributed by atoms with Crippen molar-refractivity contribution in [2.75, 3.05) is 12.3 Å². The van der Waals surface area contributed by atoms with Crippen molar-refractivity contribution in [1.29, 1.82) is 0 Å². The Labute approximate surface area is 77.6 Å². The number of anilines is 1. The molecule has 13 heavy (non-hydrogen) atoms. The average Bonchev–Trinajstić information content (AvgIpc) is 2.02. The number of nitrogens with two attached hydrogens (primary N) is 1. The minimum atomic E-state index is 0.247. The molecule has 1 saturated heterocycles. The first-order valence-corrected chi connectivity index (χ1v) is 4.51. The molecule has 70 valence electrons. The number of benzene rings is 1. The molecule has 0 aliphatic carbocycles. The fourth-order valence-electron chi connectivity index (χ4n) is 1.70. The van der Waals surface area contributed by atoms with E-state index < -0.39 is 0 Å². The molecule has 0 spiro atoms. The molecule has 4 N–H and O–H groups in total. The minimum Gasteiger partial charge on any atom is -0.505 e. The van der Waals surface area contributed by atoms with Crippen LogP contribution in [0.4, 0.5) is 5.69 Å². The lowest BCUT2D eigenvalue weighted by Crippen LogP contribution is -2.35. The second-order valence-corrected chi connectivity index (χ2v) is 3.53. The molecule has 3 heteroatoms.